The Morgan fingerprint density at radius 2 is 2.29 bits per heavy atom. The Morgan fingerprint density at radius 1 is 1.41 bits per heavy atom. The third-order valence-electron chi connectivity index (χ3n) is 2.87. The van der Waals surface area contributed by atoms with Crippen LogP contribution in [0.4, 0.5) is 0 Å². The molecule has 1 aliphatic rings. The van der Waals surface area contributed by atoms with Crippen molar-refractivity contribution in [2.45, 2.75) is 6.42 Å². The minimum atomic E-state index is -0.0374. The number of hydrogen-bond donors (Lipinski definition) is 1. The lowest BCUT2D eigenvalue weighted by Crippen LogP contribution is -2.36. The summed E-state index contributed by atoms with van der Waals surface area (Å²) in [5, 5.41) is 14.4. The van der Waals surface area contributed by atoms with Crippen molar-refractivity contribution >= 4 is 17.4 Å². The molecule has 0 bridgehead atoms. The molecule has 1 N–H and O–H groups in total. The number of nitrogens with zero attached hydrogens (tertiary/aromatic N) is 4. The van der Waals surface area contributed by atoms with Gasteiger partial charge in [-0.15, -0.1) is 5.10 Å². The van der Waals surface area contributed by atoms with Gasteiger partial charge < -0.3 is 10.0 Å². The van der Waals surface area contributed by atoms with E-state index in [1.807, 2.05) is 4.90 Å². The number of carbonyl (C=O) groups excluding carboxylic acids is 1. The number of rotatable bonds is 3. The van der Waals surface area contributed by atoms with Gasteiger partial charge in [-0.25, -0.2) is 0 Å². The van der Waals surface area contributed by atoms with E-state index < -0.39 is 0 Å². The Kier molecular flexibility index (Phi) is 4.41. The molecular weight excluding hydrogens is 240 g/mol. The maximum Gasteiger partial charge on any atom is 0.275 e. The quantitative estimate of drug-likeness (QED) is 0.802. The first-order valence-corrected chi connectivity index (χ1v) is 6.54. The Balaban J connectivity index is 1.92. The summed E-state index contributed by atoms with van der Waals surface area (Å²) in [6.07, 6.45) is 0.934. The van der Waals surface area contributed by atoms with E-state index >= 15 is 0 Å². The van der Waals surface area contributed by atoms with E-state index in [2.05, 4.69) is 14.5 Å². The van der Waals surface area contributed by atoms with Crippen molar-refractivity contribution in [1.29, 1.82) is 0 Å². The van der Waals surface area contributed by atoms with Crippen molar-refractivity contribution in [3.8, 4) is 0 Å². The van der Waals surface area contributed by atoms with Gasteiger partial charge in [0.25, 0.3) is 5.91 Å². The number of aliphatic hydroxyl groups is 1. The average molecular weight is 256 g/mol. The molecule has 7 heteroatoms. The van der Waals surface area contributed by atoms with Crippen LogP contribution in [0.25, 0.3) is 0 Å². The zero-order valence-corrected chi connectivity index (χ0v) is 10.4. The van der Waals surface area contributed by atoms with E-state index in [0.29, 0.717) is 18.8 Å². The van der Waals surface area contributed by atoms with Gasteiger partial charge in [0.2, 0.25) is 0 Å². The molecule has 1 saturated heterocycles. The summed E-state index contributed by atoms with van der Waals surface area (Å²) in [5.41, 5.74) is 0.436. The SMILES string of the molecule is O=C(c1csnn1)N1CCCN(CCO)CC1. The lowest BCUT2D eigenvalue weighted by molar-refractivity contribution is 0.0754. The van der Waals surface area contributed by atoms with Gasteiger partial charge in [0, 0.05) is 31.6 Å². The highest BCUT2D eigenvalue weighted by atomic mass is 32.1. The summed E-state index contributed by atoms with van der Waals surface area (Å²) >= 11 is 1.19. The van der Waals surface area contributed by atoms with Crippen molar-refractivity contribution in [3.05, 3.63) is 11.1 Å². The summed E-state index contributed by atoms with van der Waals surface area (Å²) in [5.74, 6) is -0.0374. The number of aromatic nitrogens is 2. The van der Waals surface area contributed by atoms with Crippen LogP contribution in [-0.4, -0.2) is 69.7 Å². The van der Waals surface area contributed by atoms with Crippen LogP contribution in [0.1, 0.15) is 16.9 Å². The summed E-state index contributed by atoms with van der Waals surface area (Å²) in [6, 6.07) is 0. The van der Waals surface area contributed by atoms with Gasteiger partial charge in [0.15, 0.2) is 5.69 Å². The highest BCUT2D eigenvalue weighted by molar-refractivity contribution is 7.03. The van der Waals surface area contributed by atoms with Gasteiger partial charge in [-0.05, 0) is 24.5 Å². The molecule has 1 aliphatic heterocycles. The molecule has 0 aromatic carbocycles. The number of hydrogen-bond acceptors (Lipinski definition) is 6. The second-order valence-electron chi connectivity index (χ2n) is 4.00. The number of β-amino-alcohol motifs (C(OH)–C–C–N with tert-alkyl or cyclic N) is 1. The van der Waals surface area contributed by atoms with E-state index in [-0.39, 0.29) is 12.5 Å². The predicted molar refractivity (Wildman–Crippen MR) is 64.0 cm³/mol. The van der Waals surface area contributed by atoms with Gasteiger partial charge >= 0.3 is 0 Å². The topological polar surface area (TPSA) is 69.6 Å². The maximum absolute atomic E-state index is 12.0. The predicted octanol–water partition coefficient (Wildman–Crippen LogP) is -0.322. The van der Waals surface area contributed by atoms with Crippen LogP contribution >= 0.6 is 11.5 Å². The van der Waals surface area contributed by atoms with E-state index in [9.17, 15) is 4.79 Å². The van der Waals surface area contributed by atoms with Crippen LogP contribution in [-0.2, 0) is 0 Å². The van der Waals surface area contributed by atoms with E-state index in [0.717, 1.165) is 26.1 Å². The molecule has 94 valence electrons. The molecule has 17 heavy (non-hydrogen) atoms. The van der Waals surface area contributed by atoms with Crippen molar-refractivity contribution < 1.29 is 9.90 Å². The standard InChI is InChI=1S/C10H16N4O2S/c15-7-6-13-2-1-3-14(5-4-13)10(16)9-8-17-12-11-9/h8,15H,1-7H2. The summed E-state index contributed by atoms with van der Waals surface area (Å²) in [6.45, 7) is 4.03. The molecule has 1 fully saturated rings. The number of carbonyl (C=O) groups is 1. The normalized spacial score (nSPS) is 18.1. The Hall–Kier alpha value is -1.05. The minimum Gasteiger partial charge on any atom is -0.395 e. The molecule has 0 atom stereocenters. The molecule has 1 amide bonds. The molecule has 0 saturated carbocycles. The smallest absolute Gasteiger partial charge is 0.275 e. The summed E-state index contributed by atoms with van der Waals surface area (Å²) < 4.78 is 3.71. The molecule has 0 aliphatic carbocycles. The lowest BCUT2D eigenvalue weighted by atomic mass is 10.3. The van der Waals surface area contributed by atoms with Crippen molar-refractivity contribution in [1.82, 2.24) is 19.4 Å². The minimum absolute atomic E-state index is 0.0374. The molecule has 1 aromatic rings. The Morgan fingerprint density at radius 3 is 3.00 bits per heavy atom. The first-order valence-electron chi connectivity index (χ1n) is 5.71. The van der Waals surface area contributed by atoms with Gasteiger partial charge in [0.1, 0.15) is 0 Å². The summed E-state index contributed by atoms with van der Waals surface area (Å²) in [7, 11) is 0. The Bertz CT molecular complexity index is 357. The van der Waals surface area contributed by atoms with E-state index in [4.69, 9.17) is 5.11 Å². The second kappa shape index (κ2) is 6.04. The van der Waals surface area contributed by atoms with Crippen LogP contribution < -0.4 is 0 Å². The zero-order valence-electron chi connectivity index (χ0n) is 9.58. The first-order chi connectivity index (χ1) is 8.31. The van der Waals surface area contributed by atoms with Gasteiger partial charge in [-0.1, -0.05) is 4.49 Å². The van der Waals surface area contributed by atoms with Gasteiger partial charge in [0.05, 0.1) is 6.61 Å². The maximum atomic E-state index is 12.0. The van der Waals surface area contributed by atoms with Crippen LogP contribution in [0.5, 0.6) is 0 Å². The molecule has 0 spiro atoms. The third kappa shape index (κ3) is 3.21. The highest BCUT2D eigenvalue weighted by Crippen LogP contribution is 2.08. The fourth-order valence-corrected chi connectivity index (χ4v) is 2.39. The zero-order chi connectivity index (χ0) is 12.1. The molecule has 6 nitrogen and oxygen atoms in total. The van der Waals surface area contributed by atoms with Crippen molar-refractivity contribution in [2.24, 2.45) is 0 Å². The fourth-order valence-electron chi connectivity index (χ4n) is 1.96. The van der Waals surface area contributed by atoms with Crippen LogP contribution in [0, 0.1) is 0 Å². The molecular formula is C10H16N4O2S. The Labute approximate surface area is 104 Å². The molecule has 2 rings (SSSR count). The molecule has 1 aromatic heterocycles. The van der Waals surface area contributed by atoms with Crippen LogP contribution in [0.2, 0.25) is 0 Å². The van der Waals surface area contributed by atoms with Crippen molar-refractivity contribution in [2.75, 3.05) is 39.3 Å². The monoisotopic (exact) mass is 256 g/mol. The van der Waals surface area contributed by atoms with Gasteiger partial charge in [-0.3, -0.25) is 9.69 Å². The number of amides is 1. The molecule has 2 heterocycles. The lowest BCUT2D eigenvalue weighted by Gasteiger charge is -2.20. The average Bonchev–Trinajstić information content (AvgIpc) is 2.76. The van der Waals surface area contributed by atoms with Crippen LogP contribution in [0.3, 0.4) is 0 Å². The van der Waals surface area contributed by atoms with E-state index in [1.165, 1.54) is 11.5 Å². The number of aliphatic hydroxyl groups excluding tert-OH is 1. The molecule has 0 radical (unpaired) electrons. The first kappa shape index (κ1) is 12.4. The fraction of sp³-hybridized carbons (Fsp3) is 0.700. The third-order valence-corrected chi connectivity index (χ3v) is 3.38. The van der Waals surface area contributed by atoms with Gasteiger partial charge in [-0.2, -0.15) is 0 Å². The van der Waals surface area contributed by atoms with Crippen LogP contribution in [0.15, 0.2) is 5.38 Å². The summed E-state index contributed by atoms with van der Waals surface area (Å²) in [4.78, 5) is 16.0. The largest absolute Gasteiger partial charge is 0.395 e. The molecule has 0 unspecified atom stereocenters. The van der Waals surface area contributed by atoms with Crippen molar-refractivity contribution in [3.63, 3.8) is 0 Å². The second-order valence-corrected chi connectivity index (χ2v) is 4.61. The highest BCUT2D eigenvalue weighted by Gasteiger charge is 2.21. The van der Waals surface area contributed by atoms with E-state index in [1.54, 1.807) is 5.38 Å².